The molecule has 9 heteroatoms. The van der Waals surface area contributed by atoms with E-state index < -0.39 is 32.5 Å². The summed E-state index contributed by atoms with van der Waals surface area (Å²) in [5.74, 6) is -4.35. The number of thiophene rings is 1. The maximum Gasteiger partial charge on any atom is 0.341 e. The predicted molar refractivity (Wildman–Crippen MR) is 86.0 cm³/mol. The molecule has 0 radical (unpaired) electrons. The Labute approximate surface area is 142 Å². The van der Waals surface area contributed by atoms with Gasteiger partial charge >= 0.3 is 5.76 Å². The second-order valence-corrected chi connectivity index (χ2v) is 7.46. The van der Waals surface area contributed by atoms with E-state index in [1.54, 1.807) is 0 Å². The summed E-state index contributed by atoms with van der Waals surface area (Å²) in [4.78, 5) is 11.6. The van der Waals surface area contributed by atoms with Crippen LogP contribution in [0.3, 0.4) is 0 Å². The van der Waals surface area contributed by atoms with E-state index in [0.29, 0.717) is 0 Å². The summed E-state index contributed by atoms with van der Waals surface area (Å²) in [6.45, 7) is 0.0785. The standard InChI is InChI=1S/C15H15F2NO4S2/c1-22-12(10-6-7-23-9-10)8-18-14(19)11-4-2-3-5-13(11)24(20,21)15(16)17/h2-7,9,12,15H,8H2,1H3,(H,18,19)/t12-/m0/s1. The van der Waals surface area contributed by atoms with Crippen molar-refractivity contribution in [2.45, 2.75) is 16.8 Å². The molecule has 1 amide bonds. The first kappa shape index (κ1) is 18.5. The molecule has 0 saturated heterocycles. The van der Waals surface area contributed by atoms with Gasteiger partial charge in [-0.1, -0.05) is 12.1 Å². The molecule has 1 aromatic heterocycles. The van der Waals surface area contributed by atoms with Gasteiger partial charge < -0.3 is 10.1 Å². The monoisotopic (exact) mass is 375 g/mol. The van der Waals surface area contributed by atoms with Crippen LogP contribution in [-0.2, 0) is 14.6 Å². The highest BCUT2D eigenvalue weighted by molar-refractivity contribution is 7.91. The summed E-state index contributed by atoms with van der Waals surface area (Å²) in [6.07, 6.45) is -0.418. The quantitative estimate of drug-likeness (QED) is 0.808. The summed E-state index contributed by atoms with van der Waals surface area (Å²) >= 11 is 1.47. The minimum atomic E-state index is -4.86. The Balaban J connectivity index is 2.19. The van der Waals surface area contributed by atoms with Crippen molar-refractivity contribution in [2.24, 2.45) is 0 Å². The molecule has 0 spiro atoms. The summed E-state index contributed by atoms with van der Waals surface area (Å²) in [5.41, 5.74) is 0.536. The van der Waals surface area contributed by atoms with Gasteiger partial charge in [0.15, 0.2) is 0 Å². The zero-order valence-corrected chi connectivity index (χ0v) is 14.2. The third-order valence-corrected chi connectivity index (χ3v) is 5.46. The van der Waals surface area contributed by atoms with Gasteiger partial charge in [0.25, 0.3) is 5.91 Å². The highest BCUT2D eigenvalue weighted by Crippen LogP contribution is 2.23. The molecule has 1 atom stereocenters. The summed E-state index contributed by atoms with van der Waals surface area (Å²) in [7, 11) is -3.39. The van der Waals surface area contributed by atoms with E-state index in [4.69, 9.17) is 4.74 Å². The Morgan fingerprint density at radius 1 is 1.29 bits per heavy atom. The van der Waals surface area contributed by atoms with Gasteiger partial charge in [0.2, 0.25) is 9.84 Å². The Morgan fingerprint density at radius 3 is 2.58 bits per heavy atom. The van der Waals surface area contributed by atoms with Crippen molar-refractivity contribution < 1.29 is 26.7 Å². The van der Waals surface area contributed by atoms with Gasteiger partial charge in [0, 0.05) is 13.7 Å². The van der Waals surface area contributed by atoms with Crippen LogP contribution in [0.25, 0.3) is 0 Å². The van der Waals surface area contributed by atoms with Crippen LogP contribution in [0.5, 0.6) is 0 Å². The minimum Gasteiger partial charge on any atom is -0.375 e. The molecule has 1 heterocycles. The van der Waals surface area contributed by atoms with Gasteiger partial charge in [-0.05, 0) is 34.5 Å². The first-order valence-electron chi connectivity index (χ1n) is 6.82. The molecule has 130 valence electrons. The second kappa shape index (κ2) is 7.82. The van der Waals surface area contributed by atoms with E-state index >= 15 is 0 Å². The van der Waals surface area contributed by atoms with Crippen molar-refractivity contribution >= 4 is 27.1 Å². The van der Waals surface area contributed by atoms with Crippen LogP contribution in [0.1, 0.15) is 22.0 Å². The maximum absolute atomic E-state index is 12.8. The van der Waals surface area contributed by atoms with E-state index in [2.05, 4.69) is 5.32 Å². The SMILES string of the molecule is CO[C@@H](CNC(=O)c1ccccc1S(=O)(=O)C(F)F)c1ccsc1. The van der Waals surface area contributed by atoms with Crippen molar-refractivity contribution in [3.63, 3.8) is 0 Å². The molecule has 0 aliphatic heterocycles. The highest BCUT2D eigenvalue weighted by Gasteiger charge is 2.30. The molecule has 1 N–H and O–H groups in total. The molecule has 0 saturated carbocycles. The zero-order chi connectivity index (χ0) is 17.7. The molecule has 1 aromatic carbocycles. The number of alkyl halides is 2. The van der Waals surface area contributed by atoms with Crippen LogP contribution >= 0.6 is 11.3 Å². The van der Waals surface area contributed by atoms with Crippen LogP contribution in [-0.4, -0.2) is 33.7 Å². The predicted octanol–water partition coefficient (Wildman–Crippen LogP) is 2.86. The lowest BCUT2D eigenvalue weighted by Gasteiger charge is -2.16. The number of halogens is 2. The molecule has 0 fully saturated rings. The average molecular weight is 375 g/mol. The number of hydrogen-bond donors (Lipinski definition) is 1. The van der Waals surface area contributed by atoms with Crippen LogP contribution < -0.4 is 5.32 Å². The number of hydrogen-bond acceptors (Lipinski definition) is 5. The van der Waals surface area contributed by atoms with Crippen LogP contribution in [0, 0.1) is 0 Å². The lowest BCUT2D eigenvalue weighted by Crippen LogP contribution is -2.30. The van der Waals surface area contributed by atoms with Gasteiger partial charge in [-0.3, -0.25) is 4.79 Å². The fourth-order valence-electron chi connectivity index (χ4n) is 2.07. The number of ether oxygens (including phenoxy) is 1. The molecule has 2 aromatic rings. The van der Waals surface area contributed by atoms with Crippen LogP contribution in [0.15, 0.2) is 46.0 Å². The largest absolute Gasteiger partial charge is 0.375 e. The Morgan fingerprint density at radius 2 is 2.00 bits per heavy atom. The number of benzene rings is 1. The fourth-order valence-corrected chi connectivity index (χ4v) is 3.70. The Hall–Kier alpha value is -1.84. The zero-order valence-electron chi connectivity index (χ0n) is 12.6. The normalized spacial score (nSPS) is 13.0. The molecular weight excluding hydrogens is 360 g/mol. The number of sulfone groups is 1. The number of carbonyl (C=O) groups is 1. The molecular formula is C15H15F2NO4S2. The Bertz CT molecular complexity index is 792. The minimum absolute atomic E-state index is 0.0785. The van der Waals surface area contributed by atoms with Crippen molar-refractivity contribution in [1.29, 1.82) is 0 Å². The summed E-state index contributed by atoms with van der Waals surface area (Å²) in [5, 5.41) is 6.23. The van der Waals surface area contributed by atoms with E-state index in [-0.39, 0.29) is 12.1 Å². The van der Waals surface area contributed by atoms with Crippen molar-refractivity contribution in [1.82, 2.24) is 5.32 Å². The van der Waals surface area contributed by atoms with E-state index in [0.717, 1.165) is 11.6 Å². The fraction of sp³-hybridized carbons (Fsp3) is 0.267. The molecule has 0 aliphatic carbocycles. The number of amides is 1. The number of carbonyl (C=O) groups excluding carboxylic acids is 1. The van der Waals surface area contributed by atoms with E-state index in [9.17, 15) is 22.0 Å². The van der Waals surface area contributed by atoms with Gasteiger partial charge in [-0.25, -0.2) is 8.42 Å². The van der Waals surface area contributed by atoms with E-state index in [1.807, 2.05) is 16.8 Å². The third kappa shape index (κ3) is 3.97. The van der Waals surface area contributed by atoms with Crippen LogP contribution in [0.4, 0.5) is 8.78 Å². The number of nitrogens with one attached hydrogen (secondary N) is 1. The highest BCUT2D eigenvalue weighted by atomic mass is 32.2. The topological polar surface area (TPSA) is 72.5 Å². The smallest absolute Gasteiger partial charge is 0.341 e. The molecule has 5 nitrogen and oxygen atoms in total. The molecule has 0 bridgehead atoms. The lowest BCUT2D eigenvalue weighted by atomic mass is 10.1. The molecule has 0 unspecified atom stereocenters. The molecule has 24 heavy (non-hydrogen) atoms. The molecule has 2 rings (SSSR count). The first-order valence-corrected chi connectivity index (χ1v) is 9.31. The second-order valence-electron chi connectivity index (χ2n) is 4.79. The van der Waals surface area contributed by atoms with Gasteiger partial charge in [-0.2, -0.15) is 20.1 Å². The van der Waals surface area contributed by atoms with E-state index in [1.165, 1.54) is 36.6 Å². The average Bonchev–Trinajstić information content (AvgIpc) is 3.09. The number of methoxy groups -OCH3 is 1. The first-order chi connectivity index (χ1) is 11.4. The van der Waals surface area contributed by atoms with Crippen molar-refractivity contribution in [2.75, 3.05) is 13.7 Å². The van der Waals surface area contributed by atoms with Crippen LogP contribution in [0.2, 0.25) is 0 Å². The van der Waals surface area contributed by atoms with Gasteiger partial charge in [0.1, 0.15) is 6.10 Å². The third-order valence-electron chi connectivity index (χ3n) is 3.32. The van der Waals surface area contributed by atoms with Gasteiger partial charge in [0.05, 0.1) is 10.5 Å². The number of rotatable bonds is 7. The summed E-state index contributed by atoms with van der Waals surface area (Å²) < 4.78 is 54.2. The molecule has 0 aliphatic rings. The Kier molecular flexibility index (Phi) is 6.03. The van der Waals surface area contributed by atoms with Gasteiger partial charge in [-0.15, -0.1) is 0 Å². The van der Waals surface area contributed by atoms with Crippen molar-refractivity contribution in [3.05, 3.63) is 52.2 Å². The summed E-state index contributed by atoms with van der Waals surface area (Å²) in [6, 6.07) is 6.71. The van der Waals surface area contributed by atoms with Crippen molar-refractivity contribution in [3.8, 4) is 0 Å². The lowest BCUT2D eigenvalue weighted by molar-refractivity contribution is 0.0826. The maximum atomic E-state index is 12.8.